The maximum absolute atomic E-state index is 12.8. The minimum atomic E-state index is 0.0609. The molecule has 5 nitrogen and oxygen atoms in total. The summed E-state index contributed by atoms with van der Waals surface area (Å²) in [5.41, 5.74) is 7.21. The summed E-state index contributed by atoms with van der Waals surface area (Å²) < 4.78 is 0. The van der Waals surface area contributed by atoms with E-state index < -0.39 is 0 Å². The Balaban J connectivity index is 1.63. The average Bonchev–Trinajstić information content (AvgIpc) is 3.07. The van der Waals surface area contributed by atoms with Gasteiger partial charge in [0.1, 0.15) is 0 Å². The van der Waals surface area contributed by atoms with Crippen molar-refractivity contribution in [3.63, 3.8) is 0 Å². The van der Waals surface area contributed by atoms with E-state index in [2.05, 4.69) is 12.1 Å². The molecule has 5 heteroatoms. The number of likely N-dealkylation sites (tertiary alicyclic amines) is 2. The van der Waals surface area contributed by atoms with E-state index in [4.69, 9.17) is 5.73 Å². The Morgan fingerprint density at radius 2 is 1.84 bits per heavy atom. The van der Waals surface area contributed by atoms with Crippen LogP contribution in [0.25, 0.3) is 0 Å². The molecular weight excluding hydrogens is 314 g/mol. The maximum atomic E-state index is 12.8. The van der Waals surface area contributed by atoms with Crippen LogP contribution in [0.15, 0.2) is 30.3 Å². The molecule has 0 spiro atoms. The SMILES string of the molecule is NC[C@@H]1CN(C(=O)CN2CCCCCCC2=O)C[C@H]1c1ccccc1. The van der Waals surface area contributed by atoms with Gasteiger partial charge in [-0.05, 0) is 30.9 Å². The maximum Gasteiger partial charge on any atom is 0.242 e. The molecule has 2 N–H and O–H groups in total. The van der Waals surface area contributed by atoms with Gasteiger partial charge in [-0.1, -0.05) is 43.2 Å². The number of hydrogen-bond donors (Lipinski definition) is 1. The molecule has 2 aliphatic rings. The molecule has 2 atom stereocenters. The zero-order valence-corrected chi connectivity index (χ0v) is 14.9. The highest BCUT2D eigenvalue weighted by molar-refractivity contribution is 5.85. The number of nitrogens with zero attached hydrogens (tertiary/aromatic N) is 2. The molecule has 0 unspecified atom stereocenters. The lowest BCUT2D eigenvalue weighted by atomic mass is 9.89. The zero-order valence-electron chi connectivity index (χ0n) is 14.9. The average molecular weight is 343 g/mol. The summed E-state index contributed by atoms with van der Waals surface area (Å²) in [6, 6.07) is 10.3. The van der Waals surface area contributed by atoms with E-state index >= 15 is 0 Å². The van der Waals surface area contributed by atoms with Crippen LogP contribution in [0, 0.1) is 5.92 Å². The first-order chi connectivity index (χ1) is 12.2. The van der Waals surface area contributed by atoms with Gasteiger partial charge in [-0.25, -0.2) is 0 Å². The highest BCUT2D eigenvalue weighted by atomic mass is 16.2. The van der Waals surface area contributed by atoms with Crippen LogP contribution in [0.5, 0.6) is 0 Å². The summed E-state index contributed by atoms with van der Waals surface area (Å²) in [5, 5.41) is 0. The summed E-state index contributed by atoms with van der Waals surface area (Å²) in [5.74, 6) is 0.764. The Bertz CT molecular complexity index is 590. The number of amides is 2. The van der Waals surface area contributed by atoms with Gasteiger partial charge in [-0.2, -0.15) is 0 Å². The van der Waals surface area contributed by atoms with Crippen molar-refractivity contribution < 1.29 is 9.59 Å². The largest absolute Gasteiger partial charge is 0.340 e. The zero-order chi connectivity index (χ0) is 17.6. The predicted octanol–water partition coefficient (Wildman–Crippen LogP) is 1.98. The van der Waals surface area contributed by atoms with E-state index in [1.54, 1.807) is 4.90 Å². The Morgan fingerprint density at radius 3 is 2.60 bits per heavy atom. The van der Waals surface area contributed by atoms with Crippen LogP contribution in [-0.4, -0.2) is 54.3 Å². The summed E-state index contributed by atoms with van der Waals surface area (Å²) in [6.07, 6.45) is 4.78. The van der Waals surface area contributed by atoms with Crippen LogP contribution in [-0.2, 0) is 9.59 Å². The molecule has 2 fully saturated rings. The lowest BCUT2D eigenvalue weighted by Crippen LogP contribution is -2.43. The summed E-state index contributed by atoms with van der Waals surface area (Å²) in [6.45, 7) is 2.90. The van der Waals surface area contributed by atoms with Crippen LogP contribution in [0.4, 0.5) is 0 Å². The Morgan fingerprint density at radius 1 is 1.08 bits per heavy atom. The van der Waals surface area contributed by atoms with E-state index in [1.165, 1.54) is 5.56 Å². The van der Waals surface area contributed by atoms with Gasteiger partial charge in [0.25, 0.3) is 0 Å². The van der Waals surface area contributed by atoms with Crippen molar-refractivity contribution in [3.8, 4) is 0 Å². The molecule has 2 heterocycles. The number of carbonyl (C=O) groups excluding carboxylic acids is 2. The Kier molecular flexibility index (Phi) is 6.08. The minimum absolute atomic E-state index is 0.0609. The molecule has 3 rings (SSSR count). The van der Waals surface area contributed by atoms with Crippen molar-refractivity contribution in [1.82, 2.24) is 9.80 Å². The second kappa shape index (κ2) is 8.48. The van der Waals surface area contributed by atoms with Crippen LogP contribution in [0.2, 0.25) is 0 Å². The molecule has 0 saturated carbocycles. The first kappa shape index (κ1) is 17.9. The fourth-order valence-corrected chi connectivity index (χ4v) is 4.04. The van der Waals surface area contributed by atoms with Crippen LogP contribution in [0.3, 0.4) is 0 Å². The second-order valence-corrected chi connectivity index (χ2v) is 7.29. The van der Waals surface area contributed by atoms with Gasteiger partial charge in [-0.15, -0.1) is 0 Å². The normalized spacial score (nSPS) is 24.9. The third kappa shape index (κ3) is 4.40. The third-order valence-corrected chi connectivity index (χ3v) is 5.57. The monoisotopic (exact) mass is 343 g/mol. The summed E-state index contributed by atoms with van der Waals surface area (Å²) >= 11 is 0. The molecule has 136 valence electrons. The molecule has 0 aromatic heterocycles. The smallest absolute Gasteiger partial charge is 0.242 e. The molecular formula is C20H29N3O2. The number of hydrogen-bond acceptors (Lipinski definition) is 3. The van der Waals surface area contributed by atoms with Crippen LogP contribution >= 0.6 is 0 Å². The van der Waals surface area contributed by atoms with Crippen LogP contribution < -0.4 is 5.73 Å². The molecule has 0 aliphatic carbocycles. The number of benzene rings is 1. The van der Waals surface area contributed by atoms with Gasteiger partial charge in [0.2, 0.25) is 11.8 Å². The topological polar surface area (TPSA) is 66.6 Å². The quantitative estimate of drug-likeness (QED) is 0.909. The van der Waals surface area contributed by atoms with Crippen molar-refractivity contribution in [1.29, 1.82) is 0 Å². The lowest BCUT2D eigenvalue weighted by molar-refractivity contribution is -0.140. The Labute approximate surface area is 150 Å². The first-order valence-electron chi connectivity index (χ1n) is 9.49. The molecule has 2 amide bonds. The van der Waals surface area contributed by atoms with Crippen molar-refractivity contribution >= 4 is 11.8 Å². The van der Waals surface area contributed by atoms with Gasteiger partial charge in [-0.3, -0.25) is 9.59 Å². The van der Waals surface area contributed by atoms with Gasteiger partial charge in [0.05, 0.1) is 6.54 Å². The number of carbonyl (C=O) groups is 2. The van der Waals surface area contributed by atoms with Crippen LogP contribution in [0.1, 0.15) is 43.6 Å². The molecule has 2 aliphatic heterocycles. The fourth-order valence-electron chi connectivity index (χ4n) is 4.04. The van der Waals surface area contributed by atoms with Gasteiger partial charge < -0.3 is 15.5 Å². The van der Waals surface area contributed by atoms with E-state index in [1.807, 2.05) is 23.1 Å². The highest BCUT2D eigenvalue weighted by Gasteiger charge is 2.35. The molecule has 0 radical (unpaired) electrons. The van der Waals surface area contributed by atoms with E-state index in [0.717, 1.165) is 25.7 Å². The Hall–Kier alpha value is -1.88. The minimum Gasteiger partial charge on any atom is -0.340 e. The van der Waals surface area contributed by atoms with Crippen molar-refractivity contribution in [3.05, 3.63) is 35.9 Å². The molecule has 25 heavy (non-hydrogen) atoms. The third-order valence-electron chi connectivity index (χ3n) is 5.57. The summed E-state index contributed by atoms with van der Waals surface area (Å²) in [7, 11) is 0. The van der Waals surface area contributed by atoms with Crippen molar-refractivity contribution in [2.75, 3.05) is 32.7 Å². The predicted molar refractivity (Wildman–Crippen MR) is 98.0 cm³/mol. The lowest BCUT2D eigenvalue weighted by Gasteiger charge is -2.26. The number of rotatable bonds is 4. The molecule has 1 aromatic rings. The van der Waals surface area contributed by atoms with E-state index in [9.17, 15) is 9.59 Å². The van der Waals surface area contributed by atoms with Crippen molar-refractivity contribution in [2.45, 2.75) is 38.0 Å². The summed E-state index contributed by atoms with van der Waals surface area (Å²) in [4.78, 5) is 28.7. The van der Waals surface area contributed by atoms with Gasteiger partial charge >= 0.3 is 0 Å². The molecule has 2 saturated heterocycles. The highest BCUT2D eigenvalue weighted by Crippen LogP contribution is 2.32. The van der Waals surface area contributed by atoms with Gasteiger partial charge in [0.15, 0.2) is 0 Å². The van der Waals surface area contributed by atoms with Gasteiger partial charge in [0, 0.05) is 32.0 Å². The number of nitrogens with two attached hydrogens (primary N) is 1. The first-order valence-corrected chi connectivity index (χ1v) is 9.49. The standard InChI is InChI=1S/C20H29N3O2/c21-12-17-13-23(14-18(17)16-8-4-3-5-9-16)20(25)15-22-11-7-2-1-6-10-19(22)24/h3-5,8-9,17-18H,1-2,6-7,10-15,21H2/t17-,18+/m1/s1. The van der Waals surface area contributed by atoms with E-state index in [0.29, 0.717) is 32.6 Å². The molecule has 1 aromatic carbocycles. The van der Waals surface area contributed by atoms with Crippen molar-refractivity contribution in [2.24, 2.45) is 11.7 Å². The molecule has 0 bridgehead atoms. The van der Waals surface area contributed by atoms with E-state index in [-0.39, 0.29) is 30.2 Å². The fraction of sp³-hybridized carbons (Fsp3) is 0.600. The second-order valence-electron chi connectivity index (χ2n) is 7.29.